The molecule has 0 aromatic carbocycles. The first-order chi connectivity index (χ1) is 9.08. The van der Waals surface area contributed by atoms with Crippen LogP contribution in [0, 0.1) is 11.8 Å². The minimum atomic E-state index is -1.01. The first-order valence-corrected chi connectivity index (χ1v) is 6.87. The van der Waals surface area contributed by atoms with Crippen LogP contribution in [0.5, 0.6) is 0 Å². The molecular weight excluding hydrogens is 250 g/mol. The third-order valence-corrected chi connectivity index (χ3v) is 4.07. The van der Waals surface area contributed by atoms with Crippen molar-refractivity contribution in [2.24, 2.45) is 11.8 Å². The molecule has 0 amide bonds. The number of piperidine rings is 1. The van der Waals surface area contributed by atoms with E-state index in [1.54, 1.807) is 0 Å². The summed E-state index contributed by atoms with van der Waals surface area (Å²) in [6.07, 6.45) is 3.83. The summed E-state index contributed by atoms with van der Waals surface area (Å²) in [5, 5.41) is 18.2. The van der Waals surface area contributed by atoms with E-state index in [-0.39, 0.29) is 6.10 Å². The zero-order valence-electron chi connectivity index (χ0n) is 11.0. The molecule has 2 N–H and O–H groups in total. The highest BCUT2D eigenvalue weighted by molar-refractivity contribution is 5.80. The maximum absolute atomic E-state index is 11.2. The zero-order chi connectivity index (χ0) is 13.8. The van der Waals surface area contributed by atoms with Crippen LogP contribution in [0.2, 0.25) is 0 Å². The average molecular weight is 271 g/mol. The van der Waals surface area contributed by atoms with Gasteiger partial charge < -0.3 is 14.9 Å². The van der Waals surface area contributed by atoms with Crippen molar-refractivity contribution in [2.45, 2.75) is 31.8 Å². The number of hydrogen-bond donors (Lipinski definition) is 2. The third kappa shape index (κ3) is 3.67. The minimum absolute atomic E-state index is 0.171. The maximum atomic E-state index is 11.2. The number of likely N-dealkylation sites (tertiary alicyclic amines) is 1. The molecule has 0 spiro atoms. The molecule has 0 bridgehead atoms. The van der Waals surface area contributed by atoms with Crippen LogP contribution in [0.25, 0.3) is 0 Å². The van der Waals surface area contributed by atoms with Crippen LogP contribution in [0.3, 0.4) is 0 Å². The number of nitrogens with zero attached hydrogens (tertiary/aromatic N) is 1. The molecule has 2 aliphatic rings. The van der Waals surface area contributed by atoms with Gasteiger partial charge in [-0.1, -0.05) is 0 Å². The van der Waals surface area contributed by atoms with E-state index in [1.807, 2.05) is 4.90 Å². The van der Waals surface area contributed by atoms with Gasteiger partial charge in [-0.25, -0.2) is 0 Å². The molecule has 6 nitrogen and oxygen atoms in total. The molecule has 108 valence electrons. The Morgan fingerprint density at radius 1 is 1.11 bits per heavy atom. The summed E-state index contributed by atoms with van der Waals surface area (Å²) < 4.78 is 5.65. The fourth-order valence-corrected chi connectivity index (χ4v) is 2.97. The van der Waals surface area contributed by atoms with Crippen LogP contribution >= 0.6 is 0 Å². The van der Waals surface area contributed by atoms with Crippen LogP contribution in [-0.4, -0.2) is 59.4 Å². The highest BCUT2D eigenvalue weighted by atomic mass is 16.5. The monoisotopic (exact) mass is 271 g/mol. The standard InChI is InChI=1S/C13H21NO5/c15-12(16)10-4-5-14(8-11(10)13(17)18)7-9-3-1-2-6-19-9/h9-11H,1-8H2,(H,15,16)(H,17,18). The maximum Gasteiger partial charge on any atom is 0.308 e. The van der Waals surface area contributed by atoms with Gasteiger partial charge in [0.05, 0.1) is 17.9 Å². The lowest BCUT2D eigenvalue weighted by Crippen LogP contribution is -2.49. The van der Waals surface area contributed by atoms with Crippen molar-refractivity contribution in [1.82, 2.24) is 4.90 Å². The van der Waals surface area contributed by atoms with Gasteiger partial charge in [-0.2, -0.15) is 0 Å². The normalized spacial score (nSPS) is 32.9. The number of hydrogen-bond acceptors (Lipinski definition) is 4. The van der Waals surface area contributed by atoms with E-state index in [9.17, 15) is 9.59 Å². The number of ether oxygens (including phenoxy) is 1. The number of carboxylic acids is 2. The van der Waals surface area contributed by atoms with Gasteiger partial charge in [-0.3, -0.25) is 14.5 Å². The Morgan fingerprint density at radius 3 is 2.42 bits per heavy atom. The second-order valence-corrected chi connectivity index (χ2v) is 5.43. The lowest BCUT2D eigenvalue weighted by molar-refractivity contribution is -0.157. The van der Waals surface area contributed by atoms with E-state index in [1.165, 1.54) is 0 Å². The van der Waals surface area contributed by atoms with Crippen LogP contribution < -0.4 is 0 Å². The summed E-state index contributed by atoms with van der Waals surface area (Å²) in [5.41, 5.74) is 0. The smallest absolute Gasteiger partial charge is 0.308 e. The number of aliphatic carboxylic acids is 2. The van der Waals surface area contributed by atoms with Gasteiger partial charge in [0.15, 0.2) is 0 Å². The number of rotatable bonds is 4. The third-order valence-electron chi connectivity index (χ3n) is 4.07. The summed E-state index contributed by atoms with van der Waals surface area (Å²) in [4.78, 5) is 24.3. The zero-order valence-corrected chi connectivity index (χ0v) is 11.0. The largest absolute Gasteiger partial charge is 0.481 e. The first-order valence-electron chi connectivity index (χ1n) is 6.87. The summed E-state index contributed by atoms with van der Waals surface area (Å²) in [7, 11) is 0. The van der Waals surface area contributed by atoms with Crippen molar-refractivity contribution in [3.05, 3.63) is 0 Å². The first kappa shape index (κ1) is 14.3. The number of carbonyl (C=O) groups is 2. The molecule has 2 aliphatic heterocycles. The fraction of sp³-hybridized carbons (Fsp3) is 0.846. The molecule has 0 aromatic heterocycles. The minimum Gasteiger partial charge on any atom is -0.481 e. The van der Waals surface area contributed by atoms with Gasteiger partial charge in [0, 0.05) is 19.7 Å². The molecule has 0 saturated carbocycles. The summed E-state index contributed by atoms with van der Waals surface area (Å²) in [6.45, 7) is 2.45. The Kier molecular flexibility index (Phi) is 4.76. The molecule has 3 unspecified atom stereocenters. The van der Waals surface area contributed by atoms with Crippen molar-refractivity contribution in [2.75, 3.05) is 26.2 Å². The van der Waals surface area contributed by atoms with Crippen molar-refractivity contribution < 1.29 is 24.5 Å². The topological polar surface area (TPSA) is 87.1 Å². The Balaban J connectivity index is 1.90. The highest BCUT2D eigenvalue weighted by Crippen LogP contribution is 2.25. The van der Waals surface area contributed by atoms with Crippen molar-refractivity contribution in [3.63, 3.8) is 0 Å². The lowest BCUT2D eigenvalue weighted by atomic mass is 9.85. The van der Waals surface area contributed by atoms with Gasteiger partial charge in [0.25, 0.3) is 0 Å². The molecule has 0 aliphatic carbocycles. The average Bonchev–Trinajstić information content (AvgIpc) is 2.39. The highest BCUT2D eigenvalue weighted by Gasteiger charge is 2.39. The Hall–Kier alpha value is -1.14. The van der Waals surface area contributed by atoms with Gasteiger partial charge in [-0.15, -0.1) is 0 Å². The van der Waals surface area contributed by atoms with E-state index >= 15 is 0 Å². The van der Waals surface area contributed by atoms with Crippen LogP contribution in [0.1, 0.15) is 25.7 Å². The molecule has 6 heteroatoms. The Bertz CT molecular complexity index is 340. The van der Waals surface area contributed by atoms with Crippen LogP contribution in [0.15, 0.2) is 0 Å². The Labute approximate surface area is 112 Å². The molecule has 0 radical (unpaired) electrons. The van der Waals surface area contributed by atoms with Gasteiger partial charge >= 0.3 is 11.9 Å². The van der Waals surface area contributed by atoms with E-state index in [4.69, 9.17) is 14.9 Å². The molecule has 2 heterocycles. The molecule has 0 aromatic rings. The molecule has 19 heavy (non-hydrogen) atoms. The van der Waals surface area contributed by atoms with Gasteiger partial charge in [-0.05, 0) is 32.2 Å². The van der Waals surface area contributed by atoms with Crippen LogP contribution in [-0.2, 0) is 14.3 Å². The molecule has 2 rings (SSSR count). The van der Waals surface area contributed by atoms with Gasteiger partial charge in [0.1, 0.15) is 0 Å². The lowest BCUT2D eigenvalue weighted by Gasteiger charge is -2.37. The summed E-state index contributed by atoms with van der Waals surface area (Å²) >= 11 is 0. The fourth-order valence-electron chi connectivity index (χ4n) is 2.97. The molecule has 3 atom stereocenters. The second kappa shape index (κ2) is 6.34. The predicted molar refractivity (Wildman–Crippen MR) is 66.9 cm³/mol. The second-order valence-electron chi connectivity index (χ2n) is 5.43. The van der Waals surface area contributed by atoms with Gasteiger partial charge in [0.2, 0.25) is 0 Å². The Morgan fingerprint density at radius 2 is 1.84 bits per heavy atom. The van der Waals surface area contributed by atoms with E-state index in [0.29, 0.717) is 19.5 Å². The SMILES string of the molecule is O=C(O)C1CCN(CC2CCCCO2)CC1C(=O)O. The van der Waals surface area contributed by atoms with E-state index in [0.717, 1.165) is 32.4 Å². The van der Waals surface area contributed by atoms with Crippen molar-refractivity contribution in [3.8, 4) is 0 Å². The summed E-state index contributed by atoms with van der Waals surface area (Å²) in [5.74, 6) is -3.58. The molecule has 2 saturated heterocycles. The summed E-state index contributed by atoms with van der Waals surface area (Å²) in [6, 6.07) is 0. The van der Waals surface area contributed by atoms with Crippen LogP contribution in [0.4, 0.5) is 0 Å². The number of carboxylic acid groups (broad SMARTS) is 2. The van der Waals surface area contributed by atoms with E-state index in [2.05, 4.69) is 0 Å². The predicted octanol–water partition coefficient (Wildman–Crippen LogP) is 0.663. The molecular formula is C13H21NO5. The van der Waals surface area contributed by atoms with Crippen molar-refractivity contribution >= 4 is 11.9 Å². The molecule has 2 fully saturated rings. The van der Waals surface area contributed by atoms with E-state index < -0.39 is 23.8 Å². The quantitative estimate of drug-likeness (QED) is 0.781. The van der Waals surface area contributed by atoms with Crippen molar-refractivity contribution in [1.29, 1.82) is 0 Å².